The Kier molecular flexibility index (Phi) is 8.14. The molecule has 3 heteroatoms. The van der Waals surface area contributed by atoms with Crippen molar-refractivity contribution in [1.82, 2.24) is 5.43 Å². The number of rotatable bonds is 7. The van der Waals surface area contributed by atoms with Crippen LogP contribution in [0.25, 0.3) is 0 Å². The molecule has 0 heterocycles. The quantitative estimate of drug-likeness (QED) is 0.255. The molecule has 1 unspecified atom stereocenters. The molecule has 0 spiro atoms. The minimum absolute atomic E-state index is 0.188. The zero-order valence-electron chi connectivity index (χ0n) is 7.68. The Morgan fingerprint density at radius 1 is 1.67 bits per heavy atom. The van der Waals surface area contributed by atoms with E-state index < -0.39 is 0 Å². The van der Waals surface area contributed by atoms with Gasteiger partial charge in [-0.1, -0.05) is 6.92 Å². The normalized spacial score (nSPS) is 12.4. The first-order valence-electron chi connectivity index (χ1n) is 4.32. The molecule has 1 atom stereocenters. The third-order valence-electron chi connectivity index (χ3n) is 1.54. The summed E-state index contributed by atoms with van der Waals surface area (Å²) in [5, 5.41) is 0. The first-order chi connectivity index (χ1) is 5.85. The van der Waals surface area contributed by atoms with E-state index in [1.165, 1.54) is 0 Å². The monoisotopic (exact) mass is 170 g/mol. The van der Waals surface area contributed by atoms with Gasteiger partial charge in [0.15, 0.2) is 0 Å². The van der Waals surface area contributed by atoms with Crippen LogP contribution in [0.3, 0.4) is 0 Å². The van der Waals surface area contributed by atoms with Gasteiger partial charge in [-0.3, -0.25) is 11.3 Å². The molecule has 0 fully saturated rings. The van der Waals surface area contributed by atoms with Crippen LogP contribution < -0.4 is 11.3 Å². The molecule has 0 aromatic heterocycles. The van der Waals surface area contributed by atoms with Crippen molar-refractivity contribution in [3.8, 4) is 12.3 Å². The van der Waals surface area contributed by atoms with Gasteiger partial charge < -0.3 is 4.74 Å². The van der Waals surface area contributed by atoms with Gasteiger partial charge in [-0.25, -0.2) is 0 Å². The van der Waals surface area contributed by atoms with Gasteiger partial charge in [-0.2, -0.15) is 0 Å². The van der Waals surface area contributed by atoms with Gasteiger partial charge in [0.25, 0.3) is 0 Å². The Labute approximate surface area is 74.6 Å². The third kappa shape index (κ3) is 6.17. The lowest BCUT2D eigenvalue weighted by Gasteiger charge is -2.13. The standard InChI is InChI=1S/C9H18N2O/c1-3-5-6-9(11-10)8-12-7-4-2/h1,9,11H,4-8,10H2,2H3. The molecule has 0 saturated carbocycles. The van der Waals surface area contributed by atoms with Crippen molar-refractivity contribution in [2.45, 2.75) is 32.2 Å². The molecule has 0 aromatic carbocycles. The van der Waals surface area contributed by atoms with E-state index in [1.54, 1.807) is 0 Å². The lowest BCUT2D eigenvalue weighted by molar-refractivity contribution is 0.110. The van der Waals surface area contributed by atoms with Gasteiger partial charge in [0.05, 0.1) is 6.61 Å². The van der Waals surface area contributed by atoms with Crippen LogP contribution in [0.1, 0.15) is 26.2 Å². The molecule has 0 aliphatic heterocycles. The molecule has 0 bridgehead atoms. The topological polar surface area (TPSA) is 47.3 Å². The first-order valence-corrected chi connectivity index (χ1v) is 4.32. The highest BCUT2D eigenvalue weighted by Gasteiger charge is 2.04. The van der Waals surface area contributed by atoms with Crippen LogP contribution >= 0.6 is 0 Å². The number of terminal acetylenes is 1. The Balaban J connectivity index is 3.34. The predicted octanol–water partition coefficient (Wildman–Crippen LogP) is 0.658. The van der Waals surface area contributed by atoms with Crippen molar-refractivity contribution in [3.05, 3.63) is 0 Å². The average Bonchev–Trinajstić information content (AvgIpc) is 2.11. The highest BCUT2D eigenvalue weighted by Crippen LogP contribution is 1.96. The van der Waals surface area contributed by atoms with Crippen LogP contribution in [0.15, 0.2) is 0 Å². The van der Waals surface area contributed by atoms with Crippen LogP contribution in [-0.2, 0) is 4.74 Å². The van der Waals surface area contributed by atoms with Gasteiger partial charge in [-0.15, -0.1) is 12.3 Å². The van der Waals surface area contributed by atoms with E-state index >= 15 is 0 Å². The fourth-order valence-corrected chi connectivity index (χ4v) is 0.842. The summed E-state index contributed by atoms with van der Waals surface area (Å²) in [7, 11) is 0. The number of ether oxygens (including phenoxy) is 1. The zero-order valence-corrected chi connectivity index (χ0v) is 7.68. The molecule has 0 aromatic rings. The molecular formula is C9H18N2O. The second-order valence-electron chi connectivity index (χ2n) is 2.68. The van der Waals surface area contributed by atoms with E-state index in [-0.39, 0.29) is 6.04 Å². The highest BCUT2D eigenvalue weighted by molar-refractivity contribution is 4.85. The molecule has 3 nitrogen and oxygen atoms in total. The fraction of sp³-hybridized carbons (Fsp3) is 0.778. The highest BCUT2D eigenvalue weighted by atomic mass is 16.5. The molecule has 0 aliphatic rings. The second-order valence-corrected chi connectivity index (χ2v) is 2.68. The number of nitrogens with one attached hydrogen (secondary N) is 1. The Morgan fingerprint density at radius 2 is 2.42 bits per heavy atom. The van der Waals surface area contributed by atoms with Gasteiger partial charge in [0.1, 0.15) is 0 Å². The van der Waals surface area contributed by atoms with E-state index in [1.807, 2.05) is 0 Å². The summed E-state index contributed by atoms with van der Waals surface area (Å²) in [6, 6.07) is 0.188. The summed E-state index contributed by atoms with van der Waals surface area (Å²) < 4.78 is 5.32. The number of nitrogens with two attached hydrogens (primary N) is 1. The number of hydrogen-bond donors (Lipinski definition) is 2. The molecule has 0 rings (SSSR count). The maximum atomic E-state index is 5.32. The summed E-state index contributed by atoms with van der Waals surface area (Å²) in [6.07, 6.45) is 7.77. The van der Waals surface area contributed by atoms with Gasteiger partial charge in [-0.05, 0) is 12.8 Å². The first kappa shape index (κ1) is 11.4. The molecule has 3 N–H and O–H groups in total. The van der Waals surface area contributed by atoms with Crippen LogP contribution in [0.2, 0.25) is 0 Å². The number of hydrazine groups is 1. The van der Waals surface area contributed by atoms with E-state index in [0.717, 1.165) is 25.9 Å². The second kappa shape index (κ2) is 8.54. The molecule has 70 valence electrons. The Hall–Kier alpha value is -0.560. The van der Waals surface area contributed by atoms with Crippen molar-refractivity contribution in [2.24, 2.45) is 5.84 Å². The van der Waals surface area contributed by atoms with Crippen LogP contribution in [-0.4, -0.2) is 19.3 Å². The molecule has 0 saturated heterocycles. The van der Waals surface area contributed by atoms with Gasteiger partial charge in [0.2, 0.25) is 0 Å². The summed E-state index contributed by atoms with van der Waals surface area (Å²) in [5.41, 5.74) is 2.68. The molecule has 0 amide bonds. The van der Waals surface area contributed by atoms with E-state index in [2.05, 4.69) is 18.3 Å². The maximum absolute atomic E-state index is 5.32. The summed E-state index contributed by atoms with van der Waals surface area (Å²) in [6.45, 7) is 3.51. The summed E-state index contributed by atoms with van der Waals surface area (Å²) in [5.74, 6) is 7.87. The minimum atomic E-state index is 0.188. The van der Waals surface area contributed by atoms with E-state index in [4.69, 9.17) is 17.0 Å². The van der Waals surface area contributed by atoms with Gasteiger partial charge in [0, 0.05) is 19.1 Å². The van der Waals surface area contributed by atoms with E-state index in [9.17, 15) is 0 Å². The van der Waals surface area contributed by atoms with E-state index in [0.29, 0.717) is 6.61 Å². The largest absolute Gasteiger partial charge is 0.380 e. The van der Waals surface area contributed by atoms with Crippen molar-refractivity contribution >= 4 is 0 Å². The van der Waals surface area contributed by atoms with Crippen molar-refractivity contribution in [3.63, 3.8) is 0 Å². The third-order valence-corrected chi connectivity index (χ3v) is 1.54. The Morgan fingerprint density at radius 3 is 2.92 bits per heavy atom. The smallest absolute Gasteiger partial charge is 0.0633 e. The summed E-state index contributed by atoms with van der Waals surface area (Å²) in [4.78, 5) is 0. The molecule has 12 heavy (non-hydrogen) atoms. The number of hydrogen-bond acceptors (Lipinski definition) is 3. The van der Waals surface area contributed by atoms with Crippen LogP contribution in [0.4, 0.5) is 0 Å². The molecular weight excluding hydrogens is 152 g/mol. The molecule has 0 radical (unpaired) electrons. The predicted molar refractivity (Wildman–Crippen MR) is 50.3 cm³/mol. The average molecular weight is 170 g/mol. The van der Waals surface area contributed by atoms with Crippen molar-refractivity contribution in [2.75, 3.05) is 13.2 Å². The Bertz CT molecular complexity index is 131. The maximum Gasteiger partial charge on any atom is 0.0633 e. The fourth-order valence-electron chi connectivity index (χ4n) is 0.842. The van der Waals surface area contributed by atoms with Crippen LogP contribution in [0.5, 0.6) is 0 Å². The van der Waals surface area contributed by atoms with Crippen molar-refractivity contribution in [1.29, 1.82) is 0 Å². The van der Waals surface area contributed by atoms with Crippen LogP contribution in [0, 0.1) is 12.3 Å². The van der Waals surface area contributed by atoms with Crippen molar-refractivity contribution < 1.29 is 4.74 Å². The minimum Gasteiger partial charge on any atom is -0.380 e. The van der Waals surface area contributed by atoms with Gasteiger partial charge >= 0.3 is 0 Å². The molecule has 0 aliphatic carbocycles. The lowest BCUT2D eigenvalue weighted by Crippen LogP contribution is -2.38. The SMILES string of the molecule is C#CCCC(COCCC)NN. The zero-order chi connectivity index (χ0) is 9.23. The summed E-state index contributed by atoms with van der Waals surface area (Å²) >= 11 is 0. The lowest BCUT2D eigenvalue weighted by atomic mass is 10.2.